The van der Waals surface area contributed by atoms with E-state index in [4.69, 9.17) is 37.8 Å². The topological polar surface area (TPSA) is 84.9 Å². The maximum absolute atomic E-state index is 12.0. The van der Waals surface area contributed by atoms with Crippen LogP contribution >= 0.6 is 23.2 Å². The number of rotatable bonds is 4. The minimum Gasteiger partial charge on any atom is -0.494 e. The van der Waals surface area contributed by atoms with Crippen molar-refractivity contribution in [2.45, 2.75) is 25.0 Å². The Morgan fingerprint density at radius 2 is 1.86 bits per heavy atom. The van der Waals surface area contributed by atoms with Crippen molar-refractivity contribution < 1.29 is 24.2 Å². The SMILES string of the molecule is COc1c(Cl)cc(NC(=O)[C@@H]2CC[C@H](C(=O)O)O2)cc1Cl. The zero-order valence-electron chi connectivity index (χ0n) is 11.1. The van der Waals surface area contributed by atoms with Gasteiger partial charge in [0.05, 0.1) is 17.2 Å². The molecule has 0 radical (unpaired) electrons. The number of carbonyl (C=O) groups is 2. The third-order valence-corrected chi connectivity index (χ3v) is 3.62. The highest BCUT2D eigenvalue weighted by atomic mass is 35.5. The highest BCUT2D eigenvalue weighted by molar-refractivity contribution is 6.37. The Balaban J connectivity index is 2.05. The lowest BCUT2D eigenvalue weighted by Gasteiger charge is -2.13. The van der Waals surface area contributed by atoms with Crippen molar-refractivity contribution in [1.82, 2.24) is 0 Å². The zero-order valence-corrected chi connectivity index (χ0v) is 12.6. The predicted molar refractivity (Wildman–Crippen MR) is 77.2 cm³/mol. The molecular weight excluding hydrogens is 321 g/mol. The van der Waals surface area contributed by atoms with Gasteiger partial charge in [0.15, 0.2) is 11.9 Å². The van der Waals surface area contributed by atoms with Crippen molar-refractivity contribution in [3.05, 3.63) is 22.2 Å². The number of carboxylic acids is 1. The van der Waals surface area contributed by atoms with Gasteiger partial charge >= 0.3 is 5.97 Å². The van der Waals surface area contributed by atoms with Gasteiger partial charge in [-0.3, -0.25) is 4.79 Å². The molecule has 0 bridgehead atoms. The molecule has 0 spiro atoms. The van der Waals surface area contributed by atoms with E-state index >= 15 is 0 Å². The van der Waals surface area contributed by atoms with Gasteiger partial charge in [-0.25, -0.2) is 4.79 Å². The van der Waals surface area contributed by atoms with E-state index < -0.39 is 24.1 Å². The first-order valence-electron chi connectivity index (χ1n) is 6.14. The smallest absolute Gasteiger partial charge is 0.332 e. The maximum atomic E-state index is 12.0. The normalized spacial score (nSPS) is 21.1. The van der Waals surface area contributed by atoms with Gasteiger partial charge in [-0.1, -0.05) is 23.2 Å². The Kier molecular flexibility index (Phi) is 4.92. The second-order valence-corrected chi connectivity index (χ2v) is 5.31. The van der Waals surface area contributed by atoms with Crippen molar-refractivity contribution in [1.29, 1.82) is 0 Å². The van der Waals surface area contributed by atoms with Gasteiger partial charge in [0, 0.05) is 5.69 Å². The summed E-state index contributed by atoms with van der Waals surface area (Å²) in [6, 6.07) is 2.99. The number of benzene rings is 1. The van der Waals surface area contributed by atoms with Gasteiger partial charge in [-0.15, -0.1) is 0 Å². The summed E-state index contributed by atoms with van der Waals surface area (Å²) in [6.45, 7) is 0. The number of hydrogen-bond acceptors (Lipinski definition) is 4. The number of methoxy groups -OCH3 is 1. The second-order valence-electron chi connectivity index (χ2n) is 4.49. The fourth-order valence-electron chi connectivity index (χ4n) is 2.06. The standard InChI is InChI=1S/C13H13Cl2NO5/c1-20-11-7(14)4-6(5-8(11)15)16-12(17)9-2-3-10(21-9)13(18)19/h4-5,9-10H,2-3H2,1H3,(H,16,17)(H,18,19)/t9-,10+/m0/s1. The molecule has 6 nitrogen and oxygen atoms in total. The van der Waals surface area contributed by atoms with Crippen LogP contribution in [-0.4, -0.2) is 36.3 Å². The van der Waals surface area contributed by atoms with Crippen molar-refractivity contribution in [3.63, 3.8) is 0 Å². The molecule has 0 aliphatic carbocycles. The molecule has 2 N–H and O–H groups in total. The summed E-state index contributed by atoms with van der Waals surface area (Å²) in [5.74, 6) is -1.18. The zero-order chi connectivity index (χ0) is 15.6. The van der Waals surface area contributed by atoms with Crippen LogP contribution in [0.1, 0.15) is 12.8 Å². The molecule has 1 amide bonds. The van der Waals surface area contributed by atoms with Crippen molar-refractivity contribution in [2.75, 3.05) is 12.4 Å². The van der Waals surface area contributed by atoms with Crippen LogP contribution in [0.3, 0.4) is 0 Å². The van der Waals surface area contributed by atoms with Crippen LogP contribution in [0.15, 0.2) is 12.1 Å². The summed E-state index contributed by atoms with van der Waals surface area (Å²) < 4.78 is 10.2. The van der Waals surface area contributed by atoms with Gasteiger partial charge in [-0.2, -0.15) is 0 Å². The van der Waals surface area contributed by atoms with E-state index in [0.29, 0.717) is 24.3 Å². The molecule has 0 saturated carbocycles. The van der Waals surface area contributed by atoms with Gasteiger partial charge in [0.25, 0.3) is 5.91 Å². The van der Waals surface area contributed by atoms with Crippen LogP contribution in [0.5, 0.6) is 5.75 Å². The van der Waals surface area contributed by atoms with E-state index in [9.17, 15) is 9.59 Å². The molecule has 1 aromatic carbocycles. The number of carbonyl (C=O) groups excluding carboxylic acids is 1. The average Bonchev–Trinajstić information content (AvgIpc) is 2.88. The number of ether oxygens (including phenoxy) is 2. The number of amides is 1. The van der Waals surface area contributed by atoms with Crippen LogP contribution in [0, 0.1) is 0 Å². The van der Waals surface area contributed by atoms with Gasteiger partial charge in [0.2, 0.25) is 0 Å². The summed E-state index contributed by atoms with van der Waals surface area (Å²) in [5, 5.41) is 11.9. The predicted octanol–water partition coefficient (Wildman–Crippen LogP) is 2.57. The first-order chi connectivity index (χ1) is 9.92. The van der Waals surface area contributed by atoms with Gasteiger partial charge < -0.3 is 19.9 Å². The summed E-state index contributed by atoms with van der Waals surface area (Å²) in [7, 11) is 1.43. The minimum absolute atomic E-state index is 0.260. The fraction of sp³-hybridized carbons (Fsp3) is 0.385. The Morgan fingerprint density at radius 1 is 1.29 bits per heavy atom. The molecule has 8 heteroatoms. The first kappa shape index (κ1) is 15.9. The van der Waals surface area contributed by atoms with E-state index in [1.165, 1.54) is 19.2 Å². The molecule has 114 valence electrons. The number of halogens is 2. The molecule has 2 atom stereocenters. The number of aliphatic carboxylic acids is 1. The monoisotopic (exact) mass is 333 g/mol. The maximum Gasteiger partial charge on any atom is 0.332 e. The number of nitrogens with one attached hydrogen (secondary N) is 1. The van der Waals surface area contributed by atoms with Crippen molar-refractivity contribution in [3.8, 4) is 5.75 Å². The highest BCUT2D eigenvalue weighted by Gasteiger charge is 2.34. The van der Waals surface area contributed by atoms with E-state index in [1.54, 1.807) is 0 Å². The van der Waals surface area contributed by atoms with Crippen LogP contribution in [0.25, 0.3) is 0 Å². The van der Waals surface area contributed by atoms with E-state index in [1.807, 2.05) is 0 Å². The average molecular weight is 334 g/mol. The van der Waals surface area contributed by atoms with Gasteiger partial charge in [-0.05, 0) is 25.0 Å². The molecule has 1 heterocycles. The molecular formula is C13H13Cl2NO5. The van der Waals surface area contributed by atoms with E-state index in [0.717, 1.165) is 0 Å². The van der Waals surface area contributed by atoms with Gasteiger partial charge in [0.1, 0.15) is 6.10 Å². The number of hydrogen-bond donors (Lipinski definition) is 2. The summed E-state index contributed by atoms with van der Waals surface area (Å²) in [6.07, 6.45) is -1.09. The second kappa shape index (κ2) is 6.51. The Hall–Kier alpha value is -1.50. The third kappa shape index (κ3) is 3.58. The molecule has 1 aromatic rings. The third-order valence-electron chi connectivity index (χ3n) is 3.06. The molecule has 1 fully saturated rings. The molecule has 1 saturated heterocycles. The molecule has 21 heavy (non-hydrogen) atoms. The number of carboxylic acid groups (broad SMARTS) is 1. The molecule has 1 aliphatic heterocycles. The van der Waals surface area contributed by atoms with Crippen LogP contribution in [-0.2, 0) is 14.3 Å². The molecule has 2 rings (SSSR count). The lowest BCUT2D eigenvalue weighted by molar-refractivity contribution is -0.150. The Morgan fingerprint density at radius 3 is 2.33 bits per heavy atom. The highest BCUT2D eigenvalue weighted by Crippen LogP contribution is 2.35. The first-order valence-corrected chi connectivity index (χ1v) is 6.90. The summed E-state index contributed by atoms with van der Waals surface area (Å²) >= 11 is 11.9. The fourth-order valence-corrected chi connectivity index (χ4v) is 2.70. The van der Waals surface area contributed by atoms with Crippen LogP contribution in [0.4, 0.5) is 5.69 Å². The van der Waals surface area contributed by atoms with E-state index in [2.05, 4.69) is 5.32 Å². The summed E-state index contributed by atoms with van der Waals surface area (Å²) in [4.78, 5) is 22.8. The number of anilines is 1. The minimum atomic E-state index is -1.07. The summed E-state index contributed by atoms with van der Waals surface area (Å²) in [5.41, 5.74) is 0.387. The molecule has 1 aliphatic rings. The Bertz CT molecular complexity index is 555. The van der Waals surface area contributed by atoms with Crippen LogP contribution < -0.4 is 10.1 Å². The van der Waals surface area contributed by atoms with Crippen molar-refractivity contribution >= 4 is 40.8 Å². The Labute approximate surface area is 130 Å². The quantitative estimate of drug-likeness (QED) is 0.884. The molecule has 0 aromatic heterocycles. The van der Waals surface area contributed by atoms with Crippen molar-refractivity contribution in [2.24, 2.45) is 0 Å². The lowest BCUT2D eigenvalue weighted by Crippen LogP contribution is -2.29. The molecule has 0 unspecified atom stereocenters. The largest absolute Gasteiger partial charge is 0.494 e. The van der Waals surface area contributed by atoms with E-state index in [-0.39, 0.29) is 10.0 Å². The van der Waals surface area contributed by atoms with Crippen LogP contribution in [0.2, 0.25) is 10.0 Å². The lowest BCUT2D eigenvalue weighted by atomic mass is 10.2.